The molecule has 2 aromatic rings. The van der Waals surface area contributed by atoms with Crippen LogP contribution in [0.2, 0.25) is 0 Å². The van der Waals surface area contributed by atoms with Crippen LogP contribution >= 0.6 is 0 Å². The Kier molecular flexibility index (Phi) is 8.92. The van der Waals surface area contributed by atoms with E-state index in [9.17, 15) is 14.4 Å². The van der Waals surface area contributed by atoms with Crippen molar-refractivity contribution in [1.29, 1.82) is 0 Å². The molecule has 2 amide bonds. The third-order valence-electron chi connectivity index (χ3n) is 4.73. The minimum absolute atomic E-state index is 0.112. The Bertz CT molecular complexity index is 931. The van der Waals surface area contributed by atoms with Crippen LogP contribution in [0.3, 0.4) is 0 Å². The lowest BCUT2D eigenvalue weighted by molar-refractivity contribution is -0.145. The summed E-state index contributed by atoms with van der Waals surface area (Å²) in [4.78, 5) is 39.5. The van der Waals surface area contributed by atoms with E-state index in [0.29, 0.717) is 31.6 Å². The summed E-state index contributed by atoms with van der Waals surface area (Å²) in [5.74, 6) is -0.0822. The second-order valence-electron chi connectivity index (χ2n) is 8.47. The van der Waals surface area contributed by atoms with Crippen LogP contribution in [0.5, 0.6) is 5.75 Å². The number of nitrogens with one attached hydrogen (secondary N) is 3. The van der Waals surface area contributed by atoms with Crippen molar-refractivity contribution in [1.82, 2.24) is 15.6 Å². The number of benzene rings is 1. The van der Waals surface area contributed by atoms with Gasteiger partial charge in [0, 0.05) is 23.6 Å². The number of carbonyl (C=O) groups excluding carboxylic acids is 3. The van der Waals surface area contributed by atoms with Crippen molar-refractivity contribution in [3.05, 3.63) is 30.0 Å². The molecule has 1 aromatic carbocycles. The average Bonchev–Trinajstić information content (AvgIpc) is 3.12. The van der Waals surface area contributed by atoms with Gasteiger partial charge in [0.1, 0.15) is 17.4 Å². The number of carbonyl (C=O) groups is 3. The normalized spacial score (nSPS) is 12.2. The smallest absolute Gasteiger partial charge is 0.407 e. The number of hydrogen-bond acceptors (Lipinski definition) is 6. The summed E-state index contributed by atoms with van der Waals surface area (Å²) in [6.45, 7) is 5.79. The third-order valence-corrected chi connectivity index (χ3v) is 4.73. The number of fused-ring (bicyclic) bond motifs is 1. The minimum Gasteiger partial charge on any atom is -0.497 e. The average molecular weight is 448 g/mol. The molecule has 9 nitrogen and oxygen atoms in total. The van der Waals surface area contributed by atoms with Gasteiger partial charge in [-0.25, -0.2) is 9.59 Å². The van der Waals surface area contributed by atoms with Crippen molar-refractivity contribution in [2.24, 2.45) is 0 Å². The fourth-order valence-corrected chi connectivity index (χ4v) is 3.22. The molecule has 0 aliphatic rings. The lowest BCUT2D eigenvalue weighted by atomic mass is 10.1. The molecule has 0 saturated heterocycles. The molecule has 0 bridgehead atoms. The van der Waals surface area contributed by atoms with Crippen LogP contribution in [0.4, 0.5) is 4.79 Å². The van der Waals surface area contributed by atoms with Gasteiger partial charge in [-0.3, -0.25) is 4.79 Å². The number of alkyl carbamates (subject to hydrolysis) is 1. The number of aromatic amines is 1. The summed E-state index contributed by atoms with van der Waals surface area (Å²) < 4.78 is 15.3. The van der Waals surface area contributed by atoms with Gasteiger partial charge in [-0.05, 0) is 63.8 Å². The van der Waals surface area contributed by atoms with Crippen molar-refractivity contribution >= 4 is 28.9 Å². The number of H-pyrrole nitrogens is 1. The van der Waals surface area contributed by atoms with Crippen molar-refractivity contribution in [2.45, 2.75) is 58.1 Å². The van der Waals surface area contributed by atoms with Crippen molar-refractivity contribution in [3.63, 3.8) is 0 Å². The summed E-state index contributed by atoms with van der Waals surface area (Å²) in [6, 6.07) is 4.84. The standard InChI is InChI=1S/C23H33N3O6/c1-23(2,3)32-22(29)24-11-7-6-8-19(21(28)31-5)26-20(27)12-15-14-25-18-10-9-16(30-4)13-17(15)18/h9-10,13-14,19,25H,6-8,11-12H2,1-5H3,(H,24,29)(H,26,27)/t19-/m0/s1. The zero-order valence-corrected chi connectivity index (χ0v) is 19.4. The number of aromatic nitrogens is 1. The summed E-state index contributed by atoms with van der Waals surface area (Å²) in [5.41, 5.74) is 1.15. The number of esters is 1. The first-order valence-corrected chi connectivity index (χ1v) is 10.6. The van der Waals surface area contributed by atoms with Gasteiger partial charge in [-0.2, -0.15) is 0 Å². The first kappa shape index (κ1) is 25.0. The van der Waals surface area contributed by atoms with E-state index in [-0.39, 0.29) is 12.3 Å². The van der Waals surface area contributed by atoms with E-state index in [4.69, 9.17) is 14.2 Å². The van der Waals surface area contributed by atoms with Crippen molar-refractivity contribution in [2.75, 3.05) is 20.8 Å². The van der Waals surface area contributed by atoms with Gasteiger partial charge >= 0.3 is 12.1 Å². The largest absolute Gasteiger partial charge is 0.497 e. The molecule has 0 radical (unpaired) electrons. The van der Waals surface area contributed by atoms with Gasteiger partial charge in [-0.1, -0.05) is 0 Å². The van der Waals surface area contributed by atoms with Crippen LogP contribution in [-0.2, 0) is 25.5 Å². The zero-order chi connectivity index (χ0) is 23.7. The Morgan fingerprint density at radius 2 is 1.88 bits per heavy atom. The number of hydrogen-bond donors (Lipinski definition) is 3. The van der Waals surface area contributed by atoms with E-state index in [2.05, 4.69) is 15.6 Å². The first-order chi connectivity index (χ1) is 15.1. The van der Waals surface area contributed by atoms with E-state index in [1.54, 1.807) is 34.1 Å². The van der Waals surface area contributed by atoms with E-state index >= 15 is 0 Å². The van der Waals surface area contributed by atoms with Crippen LogP contribution in [0, 0.1) is 0 Å². The van der Waals surface area contributed by atoms with Gasteiger partial charge in [-0.15, -0.1) is 0 Å². The zero-order valence-electron chi connectivity index (χ0n) is 19.4. The minimum atomic E-state index is -0.756. The number of unbranched alkanes of at least 4 members (excludes halogenated alkanes) is 1. The topological polar surface area (TPSA) is 119 Å². The second-order valence-corrected chi connectivity index (χ2v) is 8.47. The lowest BCUT2D eigenvalue weighted by Gasteiger charge is -2.20. The third kappa shape index (κ3) is 7.79. The van der Waals surface area contributed by atoms with Crippen LogP contribution in [-0.4, -0.2) is 55.4 Å². The molecule has 1 heterocycles. The lowest BCUT2D eigenvalue weighted by Crippen LogP contribution is -2.42. The highest BCUT2D eigenvalue weighted by Gasteiger charge is 2.22. The van der Waals surface area contributed by atoms with Gasteiger partial charge in [0.05, 0.1) is 20.6 Å². The highest BCUT2D eigenvalue weighted by atomic mass is 16.6. The van der Waals surface area contributed by atoms with Crippen molar-refractivity contribution in [3.8, 4) is 5.75 Å². The molecule has 0 aliphatic heterocycles. The predicted molar refractivity (Wildman–Crippen MR) is 121 cm³/mol. The maximum atomic E-state index is 12.6. The molecule has 0 aliphatic carbocycles. The highest BCUT2D eigenvalue weighted by molar-refractivity contribution is 5.91. The Hall–Kier alpha value is -3.23. The van der Waals surface area contributed by atoms with E-state index < -0.39 is 23.7 Å². The van der Waals surface area contributed by atoms with Gasteiger partial charge in [0.25, 0.3) is 0 Å². The predicted octanol–water partition coefficient (Wildman–Crippen LogP) is 3.07. The Morgan fingerprint density at radius 3 is 2.53 bits per heavy atom. The second kappa shape index (κ2) is 11.4. The molecule has 2 rings (SSSR count). The van der Waals surface area contributed by atoms with E-state index in [1.165, 1.54) is 7.11 Å². The van der Waals surface area contributed by atoms with E-state index in [1.807, 2.05) is 18.2 Å². The fourth-order valence-electron chi connectivity index (χ4n) is 3.22. The molecular weight excluding hydrogens is 414 g/mol. The number of rotatable bonds is 10. The Morgan fingerprint density at radius 1 is 1.12 bits per heavy atom. The maximum absolute atomic E-state index is 12.6. The molecule has 0 saturated carbocycles. The summed E-state index contributed by atoms with van der Waals surface area (Å²) >= 11 is 0. The number of methoxy groups -OCH3 is 2. The fraction of sp³-hybridized carbons (Fsp3) is 0.522. The monoisotopic (exact) mass is 447 g/mol. The Labute approximate surface area is 188 Å². The summed E-state index contributed by atoms with van der Waals surface area (Å²) in [6.07, 6.45) is 3.05. The molecular formula is C23H33N3O6. The Balaban J connectivity index is 1.86. The van der Waals surface area contributed by atoms with Gasteiger partial charge in [0.2, 0.25) is 5.91 Å². The number of ether oxygens (including phenoxy) is 3. The molecule has 3 N–H and O–H groups in total. The van der Waals surface area contributed by atoms with E-state index in [0.717, 1.165) is 16.5 Å². The SMILES string of the molecule is COC(=O)[C@H](CCCCNC(=O)OC(C)(C)C)NC(=O)Cc1c[nH]c2ccc(OC)cc12. The molecule has 0 unspecified atom stereocenters. The van der Waals surface area contributed by atoms with Gasteiger partial charge < -0.3 is 29.8 Å². The molecule has 1 atom stereocenters. The van der Waals surface area contributed by atoms with Crippen LogP contribution in [0.15, 0.2) is 24.4 Å². The summed E-state index contributed by atoms with van der Waals surface area (Å²) in [5, 5.41) is 6.33. The van der Waals surface area contributed by atoms with Crippen LogP contribution in [0.1, 0.15) is 45.6 Å². The molecule has 0 fully saturated rings. The number of amides is 2. The highest BCUT2D eigenvalue weighted by Crippen LogP contribution is 2.24. The van der Waals surface area contributed by atoms with Crippen molar-refractivity contribution < 1.29 is 28.6 Å². The molecule has 176 valence electrons. The molecule has 1 aromatic heterocycles. The molecule has 32 heavy (non-hydrogen) atoms. The maximum Gasteiger partial charge on any atom is 0.407 e. The quantitative estimate of drug-likeness (QED) is 0.380. The van der Waals surface area contributed by atoms with Crippen LogP contribution < -0.4 is 15.4 Å². The van der Waals surface area contributed by atoms with Crippen LogP contribution in [0.25, 0.3) is 10.9 Å². The first-order valence-electron chi connectivity index (χ1n) is 10.6. The molecule has 0 spiro atoms. The van der Waals surface area contributed by atoms with Gasteiger partial charge in [0.15, 0.2) is 0 Å². The molecule has 9 heteroatoms. The summed E-state index contributed by atoms with van der Waals surface area (Å²) in [7, 11) is 2.88.